The molecule has 1 aliphatic heterocycles. The second kappa shape index (κ2) is 10.9. The van der Waals surface area contributed by atoms with E-state index in [0.29, 0.717) is 11.4 Å². The highest BCUT2D eigenvalue weighted by Gasteiger charge is 2.29. The highest BCUT2D eigenvalue weighted by Crippen LogP contribution is 2.18. The van der Waals surface area contributed by atoms with Crippen molar-refractivity contribution in [3.8, 4) is 0 Å². The molecule has 1 saturated heterocycles. The Balaban J connectivity index is 1.40. The Labute approximate surface area is 194 Å². The minimum absolute atomic E-state index is 0.0639. The van der Waals surface area contributed by atoms with Gasteiger partial charge in [-0.15, -0.1) is 0 Å². The summed E-state index contributed by atoms with van der Waals surface area (Å²) in [5, 5.41) is 0.649. The van der Waals surface area contributed by atoms with E-state index in [9.17, 15) is 18.0 Å². The summed E-state index contributed by atoms with van der Waals surface area (Å²) < 4.78 is 31.8. The molecular formula is C23H27ClN2O5S. The standard InChI is InChI=1S/C23H27ClN2O5S/c1-18-7-8-19(15-21(18)24)9-10-23(28)31-16-22(27)25-11-13-26(14-12-25)32(29,30)17-20-5-3-2-4-6-20/h2-8,15H,9-14,16-17H2,1H3. The molecule has 0 spiro atoms. The number of sulfonamides is 1. The number of hydrogen-bond donors (Lipinski definition) is 0. The van der Waals surface area contributed by atoms with Gasteiger partial charge in [-0.05, 0) is 36.1 Å². The van der Waals surface area contributed by atoms with Crippen LogP contribution in [0.4, 0.5) is 0 Å². The zero-order valence-corrected chi connectivity index (χ0v) is 19.6. The molecule has 9 heteroatoms. The minimum atomic E-state index is -3.45. The normalized spacial score (nSPS) is 14.9. The quantitative estimate of drug-likeness (QED) is 0.545. The summed E-state index contributed by atoms with van der Waals surface area (Å²) in [5.74, 6) is -0.845. The molecule has 0 aromatic heterocycles. The van der Waals surface area contributed by atoms with Crippen LogP contribution >= 0.6 is 11.6 Å². The molecule has 32 heavy (non-hydrogen) atoms. The molecule has 0 atom stereocenters. The molecule has 172 valence electrons. The fourth-order valence-corrected chi connectivity index (χ4v) is 5.15. The van der Waals surface area contributed by atoms with Gasteiger partial charge in [-0.25, -0.2) is 8.42 Å². The van der Waals surface area contributed by atoms with Gasteiger partial charge in [-0.2, -0.15) is 4.31 Å². The van der Waals surface area contributed by atoms with E-state index in [1.807, 2.05) is 31.2 Å². The Morgan fingerprint density at radius 2 is 1.69 bits per heavy atom. The largest absolute Gasteiger partial charge is 0.456 e. The van der Waals surface area contributed by atoms with E-state index in [4.69, 9.17) is 16.3 Å². The Morgan fingerprint density at radius 3 is 2.34 bits per heavy atom. The van der Waals surface area contributed by atoms with E-state index in [-0.39, 0.29) is 50.9 Å². The number of benzene rings is 2. The van der Waals surface area contributed by atoms with Crippen LogP contribution in [-0.2, 0) is 36.5 Å². The molecule has 0 N–H and O–H groups in total. The Kier molecular flexibility index (Phi) is 8.28. The predicted molar refractivity (Wildman–Crippen MR) is 123 cm³/mol. The van der Waals surface area contributed by atoms with Crippen molar-refractivity contribution in [2.75, 3.05) is 32.8 Å². The van der Waals surface area contributed by atoms with Crippen LogP contribution in [0.5, 0.6) is 0 Å². The topological polar surface area (TPSA) is 84.0 Å². The molecule has 0 radical (unpaired) electrons. The average Bonchev–Trinajstić information content (AvgIpc) is 2.78. The van der Waals surface area contributed by atoms with Crippen molar-refractivity contribution in [1.82, 2.24) is 9.21 Å². The fraction of sp³-hybridized carbons (Fsp3) is 0.391. The summed E-state index contributed by atoms with van der Waals surface area (Å²) in [6.45, 7) is 2.55. The average molecular weight is 479 g/mol. The lowest BCUT2D eigenvalue weighted by Gasteiger charge is -2.33. The molecule has 2 aromatic rings. The maximum absolute atomic E-state index is 12.6. The van der Waals surface area contributed by atoms with Crippen molar-refractivity contribution < 1.29 is 22.7 Å². The Bertz CT molecular complexity index is 1050. The van der Waals surface area contributed by atoms with Crippen LogP contribution in [0, 0.1) is 6.92 Å². The van der Waals surface area contributed by atoms with Crippen LogP contribution in [0.2, 0.25) is 5.02 Å². The SMILES string of the molecule is Cc1ccc(CCC(=O)OCC(=O)N2CCN(S(=O)(=O)Cc3ccccc3)CC2)cc1Cl. The van der Waals surface area contributed by atoms with Crippen molar-refractivity contribution in [2.24, 2.45) is 0 Å². The number of halogens is 1. The Morgan fingerprint density at radius 1 is 1.00 bits per heavy atom. The van der Waals surface area contributed by atoms with Gasteiger partial charge in [0.05, 0.1) is 5.75 Å². The zero-order valence-electron chi connectivity index (χ0n) is 18.0. The smallest absolute Gasteiger partial charge is 0.306 e. The summed E-state index contributed by atoms with van der Waals surface area (Å²) in [6, 6.07) is 14.6. The predicted octanol–water partition coefficient (Wildman–Crippen LogP) is 2.80. The highest BCUT2D eigenvalue weighted by molar-refractivity contribution is 7.88. The number of amides is 1. The molecular weight excluding hydrogens is 452 g/mol. The van der Waals surface area contributed by atoms with E-state index in [1.165, 1.54) is 9.21 Å². The molecule has 7 nitrogen and oxygen atoms in total. The third kappa shape index (κ3) is 6.79. The number of carbonyl (C=O) groups excluding carboxylic acids is 2. The van der Waals surface area contributed by atoms with Gasteiger partial charge in [-0.1, -0.05) is 54.1 Å². The van der Waals surface area contributed by atoms with Crippen LogP contribution in [0.25, 0.3) is 0 Å². The number of carbonyl (C=O) groups is 2. The maximum atomic E-state index is 12.6. The molecule has 1 amide bonds. The molecule has 1 fully saturated rings. The monoisotopic (exact) mass is 478 g/mol. The number of aryl methyl sites for hydroxylation is 2. The van der Waals surface area contributed by atoms with Gasteiger partial charge in [0.2, 0.25) is 10.0 Å². The number of hydrogen-bond acceptors (Lipinski definition) is 5. The number of nitrogens with zero attached hydrogens (tertiary/aromatic N) is 2. The Hall–Kier alpha value is -2.42. The third-order valence-corrected chi connectivity index (χ3v) is 7.64. The minimum Gasteiger partial charge on any atom is -0.456 e. The first-order valence-corrected chi connectivity index (χ1v) is 12.4. The number of ether oxygens (including phenoxy) is 1. The first kappa shape index (κ1) is 24.2. The van der Waals surface area contributed by atoms with Gasteiger partial charge in [-0.3, -0.25) is 9.59 Å². The number of piperazine rings is 1. The van der Waals surface area contributed by atoms with Gasteiger partial charge >= 0.3 is 5.97 Å². The summed E-state index contributed by atoms with van der Waals surface area (Å²) in [4.78, 5) is 25.9. The fourth-order valence-electron chi connectivity index (χ4n) is 3.44. The molecule has 0 saturated carbocycles. The summed E-state index contributed by atoms with van der Waals surface area (Å²) >= 11 is 6.09. The lowest BCUT2D eigenvalue weighted by molar-refractivity contribution is -0.152. The first-order valence-electron chi connectivity index (χ1n) is 10.4. The van der Waals surface area contributed by atoms with Crippen LogP contribution in [0.1, 0.15) is 23.1 Å². The van der Waals surface area contributed by atoms with E-state index in [2.05, 4.69) is 0 Å². The van der Waals surface area contributed by atoms with Crippen molar-refractivity contribution >= 4 is 33.5 Å². The number of rotatable bonds is 8. The number of esters is 1. The molecule has 0 aliphatic carbocycles. The van der Waals surface area contributed by atoms with Gasteiger partial charge in [0.15, 0.2) is 6.61 Å². The van der Waals surface area contributed by atoms with Gasteiger partial charge < -0.3 is 9.64 Å². The molecule has 2 aromatic carbocycles. The molecule has 0 unspecified atom stereocenters. The van der Waals surface area contributed by atoms with E-state index in [1.54, 1.807) is 24.3 Å². The maximum Gasteiger partial charge on any atom is 0.306 e. The molecule has 3 rings (SSSR count). The lowest BCUT2D eigenvalue weighted by atomic mass is 10.1. The van der Waals surface area contributed by atoms with Crippen molar-refractivity contribution in [2.45, 2.75) is 25.5 Å². The molecule has 1 heterocycles. The van der Waals surface area contributed by atoms with E-state index in [0.717, 1.165) is 16.7 Å². The summed E-state index contributed by atoms with van der Waals surface area (Å²) in [5.41, 5.74) is 2.62. The van der Waals surface area contributed by atoms with Crippen LogP contribution < -0.4 is 0 Å². The van der Waals surface area contributed by atoms with Crippen LogP contribution in [0.15, 0.2) is 48.5 Å². The molecule has 0 bridgehead atoms. The van der Waals surface area contributed by atoms with Crippen LogP contribution in [0.3, 0.4) is 0 Å². The second-order valence-corrected chi connectivity index (χ2v) is 10.1. The first-order chi connectivity index (χ1) is 15.2. The van der Waals surface area contributed by atoms with Crippen LogP contribution in [-0.4, -0.2) is 62.3 Å². The van der Waals surface area contributed by atoms with E-state index < -0.39 is 16.0 Å². The van der Waals surface area contributed by atoms with Crippen molar-refractivity contribution in [1.29, 1.82) is 0 Å². The second-order valence-electron chi connectivity index (χ2n) is 7.77. The van der Waals surface area contributed by atoms with Gasteiger partial charge in [0, 0.05) is 37.6 Å². The van der Waals surface area contributed by atoms with Crippen molar-refractivity contribution in [3.05, 3.63) is 70.2 Å². The van der Waals surface area contributed by atoms with Gasteiger partial charge in [0.1, 0.15) is 0 Å². The summed E-state index contributed by atoms with van der Waals surface area (Å²) in [7, 11) is -3.45. The lowest BCUT2D eigenvalue weighted by Crippen LogP contribution is -2.51. The molecule has 1 aliphatic rings. The summed E-state index contributed by atoms with van der Waals surface area (Å²) in [6.07, 6.45) is 0.628. The third-order valence-electron chi connectivity index (χ3n) is 5.39. The van der Waals surface area contributed by atoms with E-state index >= 15 is 0 Å². The van der Waals surface area contributed by atoms with Gasteiger partial charge in [0.25, 0.3) is 5.91 Å². The van der Waals surface area contributed by atoms with Crippen molar-refractivity contribution in [3.63, 3.8) is 0 Å². The highest BCUT2D eigenvalue weighted by atomic mass is 35.5. The zero-order chi connectivity index (χ0) is 23.1.